The van der Waals surface area contributed by atoms with Gasteiger partial charge in [0.2, 0.25) is 0 Å². The van der Waals surface area contributed by atoms with Crippen LogP contribution in [0.25, 0.3) is 0 Å². The zero-order chi connectivity index (χ0) is 21.3. The van der Waals surface area contributed by atoms with Crippen molar-refractivity contribution in [3.63, 3.8) is 0 Å². The molecule has 0 spiro atoms. The molecule has 4 rings (SSSR count). The minimum absolute atomic E-state index is 0.00955. The molecule has 0 amide bonds. The average molecular weight is 636 g/mol. The van der Waals surface area contributed by atoms with E-state index in [1.807, 2.05) is 61.5 Å². The summed E-state index contributed by atoms with van der Waals surface area (Å²) in [7, 11) is 0. The van der Waals surface area contributed by atoms with Gasteiger partial charge in [-0.05, 0) is 0 Å². The predicted molar refractivity (Wildman–Crippen MR) is 127 cm³/mol. The molecule has 30 heavy (non-hydrogen) atoms. The van der Waals surface area contributed by atoms with Gasteiger partial charge in [-0.3, -0.25) is 0 Å². The Bertz CT molecular complexity index is 1030. The molecule has 10 heteroatoms. The van der Waals surface area contributed by atoms with Gasteiger partial charge in [0, 0.05) is 0 Å². The monoisotopic (exact) mass is 636 g/mol. The van der Waals surface area contributed by atoms with Crippen molar-refractivity contribution in [3.05, 3.63) is 107 Å². The molecule has 2 aliphatic rings. The minimum atomic E-state index is -2.91. The van der Waals surface area contributed by atoms with Gasteiger partial charge in [-0.1, -0.05) is 0 Å². The van der Waals surface area contributed by atoms with Crippen molar-refractivity contribution >= 4 is 40.5 Å². The second-order valence-corrected chi connectivity index (χ2v) is 15.1. The van der Waals surface area contributed by atoms with Crippen LogP contribution in [0.15, 0.2) is 73.9 Å². The molecule has 0 heterocycles. The number of hydrogen-bond donors (Lipinski definition) is 0. The fourth-order valence-corrected chi connectivity index (χ4v) is 15.1. The number of benzene rings is 2. The Morgan fingerprint density at radius 2 is 1.27 bits per heavy atom. The quantitative estimate of drug-likeness (QED) is 0.159. The van der Waals surface area contributed by atoms with Gasteiger partial charge in [0.25, 0.3) is 0 Å². The van der Waals surface area contributed by atoms with Gasteiger partial charge in [-0.15, -0.1) is 0 Å². The summed E-state index contributed by atoms with van der Waals surface area (Å²) >= 11 is -5.81. The van der Waals surface area contributed by atoms with Gasteiger partial charge < -0.3 is 0 Å². The molecule has 0 fully saturated rings. The van der Waals surface area contributed by atoms with Crippen LogP contribution >= 0.6 is 40.5 Å². The number of allylic oxidation sites excluding steroid dienone is 4. The topological polar surface area (TPSA) is 105 Å². The first-order valence-electron chi connectivity index (χ1n) is 9.04. The molecule has 0 saturated carbocycles. The van der Waals surface area contributed by atoms with Crippen molar-refractivity contribution < 1.29 is 16.5 Å². The van der Waals surface area contributed by atoms with E-state index in [2.05, 4.69) is 12.2 Å². The average Bonchev–Trinajstić information content (AvgIpc) is 3.33. The molecule has 2 unspecified atom stereocenters. The van der Waals surface area contributed by atoms with E-state index in [4.69, 9.17) is 6.33 Å². The van der Waals surface area contributed by atoms with Crippen molar-refractivity contribution in [1.82, 2.24) is 0 Å². The Kier molecular flexibility index (Phi) is 6.22. The molecule has 8 nitrogen and oxygen atoms in total. The standard InChI is InChI=1S/C20H18I2N2O6/c1-14-7-11-18(12-8-14)22(30-24(27)28)20-16-10-9-15(13-16)19(20)21(29-23(25)26)17-5-3-2-4-6-17/h2-12,15-16H,13H2,1H3. The Labute approximate surface area is 188 Å². The number of aryl methyl sites for hydroxylation is 1. The third-order valence-electron chi connectivity index (χ3n) is 4.72. The van der Waals surface area contributed by atoms with E-state index in [-0.39, 0.29) is 11.8 Å². The Morgan fingerprint density at radius 3 is 1.73 bits per heavy atom. The summed E-state index contributed by atoms with van der Waals surface area (Å²) in [6.45, 7) is 1.95. The number of fused-ring (bicyclic) bond motifs is 2. The second kappa shape index (κ2) is 8.88. The van der Waals surface area contributed by atoms with Gasteiger partial charge in [-0.25, -0.2) is 0 Å². The van der Waals surface area contributed by atoms with Gasteiger partial charge in [0.1, 0.15) is 0 Å². The summed E-state index contributed by atoms with van der Waals surface area (Å²) in [6, 6.07) is 16.8. The van der Waals surface area contributed by atoms with Gasteiger partial charge in [0.05, 0.1) is 0 Å². The van der Waals surface area contributed by atoms with Gasteiger partial charge in [-0.2, -0.15) is 0 Å². The summed E-state index contributed by atoms with van der Waals surface area (Å²) in [6.07, 6.45) is 4.88. The summed E-state index contributed by atoms with van der Waals surface area (Å²) in [4.78, 5) is 22.8. The van der Waals surface area contributed by atoms with Crippen molar-refractivity contribution in [2.75, 3.05) is 0 Å². The molecule has 2 aromatic rings. The van der Waals surface area contributed by atoms with E-state index in [0.717, 1.165) is 26.3 Å². The van der Waals surface area contributed by atoms with Crippen LogP contribution in [0.5, 0.6) is 0 Å². The fourth-order valence-electron chi connectivity index (χ4n) is 3.53. The molecule has 2 aromatic carbocycles. The number of nitrogens with zero attached hydrogens (tertiary/aromatic N) is 2. The SMILES string of the molecule is Cc1ccc(I(O[N+](=O)[O-])C2=C(I(O[N+](=O)[O-])c3ccccc3)C3C=CC2C3)cc1. The van der Waals surface area contributed by atoms with Crippen LogP contribution in [0.1, 0.15) is 12.0 Å². The molecule has 0 aromatic heterocycles. The van der Waals surface area contributed by atoms with Crippen LogP contribution in [0.3, 0.4) is 0 Å². The van der Waals surface area contributed by atoms with Crippen LogP contribution in [0.2, 0.25) is 0 Å². The first kappa shape index (κ1) is 21.0. The zero-order valence-corrected chi connectivity index (χ0v) is 20.1. The molecule has 2 atom stereocenters. The van der Waals surface area contributed by atoms with Crippen LogP contribution in [-0.4, -0.2) is 10.2 Å². The maximum absolute atomic E-state index is 11.4. The van der Waals surface area contributed by atoms with Crippen LogP contribution in [0.4, 0.5) is 0 Å². The van der Waals surface area contributed by atoms with Crippen molar-refractivity contribution in [1.29, 1.82) is 0 Å². The van der Waals surface area contributed by atoms with Crippen LogP contribution in [0, 0.1) is 46.1 Å². The second-order valence-electron chi connectivity index (χ2n) is 6.70. The summed E-state index contributed by atoms with van der Waals surface area (Å²) in [5.74, 6) is 0.0197. The molecule has 0 saturated heterocycles. The zero-order valence-electron chi connectivity index (χ0n) is 15.8. The molecule has 0 aliphatic heterocycles. The number of rotatable bonds is 8. The Balaban J connectivity index is 1.86. The first-order chi connectivity index (χ1) is 14.4. The fraction of sp³-hybridized carbons (Fsp3) is 0.200. The Hall–Kier alpha value is -2.22. The summed E-state index contributed by atoms with van der Waals surface area (Å²) in [5, 5.41) is 21.3. The van der Waals surface area contributed by atoms with E-state index in [1.54, 1.807) is 0 Å². The van der Waals surface area contributed by atoms with Gasteiger partial charge in [0.15, 0.2) is 0 Å². The maximum atomic E-state index is 11.4. The molecular weight excluding hydrogens is 618 g/mol. The molecule has 0 radical (unpaired) electrons. The van der Waals surface area contributed by atoms with Crippen molar-refractivity contribution in [2.45, 2.75) is 13.3 Å². The molecule has 2 bridgehead atoms. The predicted octanol–water partition coefficient (Wildman–Crippen LogP) is 5.71. The van der Waals surface area contributed by atoms with E-state index < -0.39 is 50.6 Å². The third kappa shape index (κ3) is 4.29. The Morgan fingerprint density at radius 1 is 0.800 bits per heavy atom. The van der Waals surface area contributed by atoms with Gasteiger partial charge >= 0.3 is 189 Å². The summed E-state index contributed by atoms with van der Waals surface area (Å²) < 4.78 is 14.0. The van der Waals surface area contributed by atoms with E-state index in [9.17, 15) is 20.2 Å². The number of hydrogen-bond acceptors (Lipinski definition) is 6. The molecule has 158 valence electrons. The summed E-state index contributed by atoms with van der Waals surface area (Å²) in [5.41, 5.74) is 1.05. The normalized spacial score (nSPS) is 20.2. The molecule has 2 aliphatic carbocycles. The van der Waals surface area contributed by atoms with Crippen LogP contribution < -0.4 is 0 Å². The van der Waals surface area contributed by atoms with E-state index in [1.165, 1.54) is 0 Å². The number of halogens is 2. The van der Waals surface area contributed by atoms with Crippen molar-refractivity contribution in [2.24, 2.45) is 11.8 Å². The first-order valence-corrected chi connectivity index (χ1v) is 15.1. The third-order valence-corrected chi connectivity index (χ3v) is 15.8. The molecular formula is C20H18I2N2O6. The van der Waals surface area contributed by atoms with E-state index in [0.29, 0.717) is 0 Å². The van der Waals surface area contributed by atoms with Crippen molar-refractivity contribution in [3.8, 4) is 0 Å². The molecule has 0 N–H and O–H groups in total. The van der Waals surface area contributed by atoms with Crippen LogP contribution in [-0.2, 0) is 6.33 Å². The van der Waals surface area contributed by atoms with E-state index >= 15 is 0 Å².